The van der Waals surface area contributed by atoms with Gasteiger partial charge in [-0.25, -0.2) is 9.37 Å². The van der Waals surface area contributed by atoms with Gasteiger partial charge in [-0.3, -0.25) is 14.0 Å². The van der Waals surface area contributed by atoms with Gasteiger partial charge in [0.15, 0.2) is 0 Å². The molecule has 1 aliphatic carbocycles. The topological polar surface area (TPSA) is 95.7 Å². The summed E-state index contributed by atoms with van der Waals surface area (Å²) in [5.74, 6) is -1.62. The number of halogens is 1. The predicted molar refractivity (Wildman–Crippen MR) is 110 cm³/mol. The van der Waals surface area contributed by atoms with E-state index >= 15 is 0 Å². The zero-order valence-electron chi connectivity index (χ0n) is 16.6. The highest BCUT2D eigenvalue weighted by Gasteiger charge is 2.35. The number of imidazole rings is 1. The Morgan fingerprint density at radius 1 is 1.23 bits per heavy atom. The molecule has 8 heteroatoms. The average molecular weight is 410 g/mol. The summed E-state index contributed by atoms with van der Waals surface area (Å²) in [6, 6.07) is 8.72. The molecule has 0 bridgehead atoms. The van der Waals surface area contributed by atoms with Gasteiger partial charge in [0.2, 0.25) is 0 Å². The van der Waals surface area contributed by atoms with Crippen molar-refractivity contribution in [1.82, 2.24) is 14.7 Å². The standard InChI is InChI=1S/C22H23FN4O3/c1-22(30)10-4-2-6-18(22)26-20(28)14-8-9-15(23)16(12-14)25-21(29)17-13-24-19-7-3-5-11-27(17)19/h3,5,7-9,11-13,18,30H,2,4,6,10H2,1H3,(H,25,29)(H,26,28)/t18-,22-/m1/s1. The Morgan fingerprint density at radius 2 is 2.07 bits per heavy atom. The van der Waals surface area contributed by atoms with Crippen molar-refractivity contribution in [3.63, 3.8) is 0 Å². The maximum Gasteiger partial charge on any atom is 0.274 e. The van der Waals surface area contributed by atoms with Crippen LogP contribution >= 0.6 is 0 Å². The van der Waals surface area contributed by atoms with Gasteiger partial charge >= 0.3 is 0 Å². The van der Waals surface area contributed by atoms with E-state index in [0.717, 1.165) is 18.9 Å². The van der Waals surface area contributed by atoms with Gasteiger partial charge in [-0.1, -0.05) is 18.9 Å². The van der Waals surface area contributed by atoms with Crippen LogP contribution in [0.3, 0.4) is 0 Å². The number of carbonyl (C=O) groups is 2. The first-order valence-corrected chi connectivity index (χ1v) is 9.91. The number of benzene rings is 1. The lowest BCUT2D eigenvalue weighted by Crippen LogP contribution is -2.52. The van der Waals surface area contributed by atoms with Crippen molar-refractivity contribution in [2.24, 2.45) is 0 Å². The number of anilines is 1. The molecular formula is C22H23FN4O3. The molecule has 0 unspecified atom stereocenters. The number of rotatable bonds is 4. The van der Waals surface area contributed by atoms with Crippen LogP contribution in [-0.2, 0) is 0 Å². The molecule has 2 amide bonds. The Balaban J connectivity index is 1.53. The van der Waals surface area contributed by atoms with Crippen molar-refractivity contribution in [1.29, 1.82) is 0 Å². The molecule has 2 atom stereocenters. The fourth-order valence-corrected chi connectivity index (χ4v) is 3.83. The number of amides is 2. The second-order valence-corrected chi connectivity index (χ2v) is 7.85. The molecule has 1 aromatic carbocycles. The normalized spacial score (nSPS) is 21.4. The summed E-state index contributed by atoms with van der Waals surface area (Å²) in [7, 11) is 0. The quantitative estimate of drug-likeness (QED) is 0.616. The van der Waals surface area contributed by atoms with Crippen molar-refractivity contribution in [3.8, 4) is 0 Å². The van der Waals surface area contributed by atoms with Crippen LogP contribution in [0.25, 0.3) is 5.65 Å². The minimum Gasteiger partial charge on any atom is -0.388 e. The Morgan fingerprint density at radius 3 is 2.87 bits per heavy atom. The van der Waals surface area contributed by atoms with Crippen molar-refractivity contribution in [2.45, 2.75) is 44.2 Å². The van der Waals surface area contributed by atoms with Crippen LogP contribution in [0.4, 0.5) is 10.1 Å². The maximum absolute atomic E-state index is 14.3. The zero-order chi connectivity index (χ0) is 21.3. The number of fused-ring (bicyclic) bond motifs is 1. The molecule has 3 aromatic rings. The maximum atomic E-state index is 14.3. The number of carbonyl (C=O) groups excluding carboxylic acids is 2. The van der Waals surface area contributed by atoms with E-state index in [-0.39, 0.29) is 23.0 Å². The Bertz CT molecular complexity index is 1110. The lowest BCUT2D eigenvalue weighted by Gasteiger charge is -2.37. The molecule has 0 spiro atoms. The van der Waals surface area contributed by atoms with E-state index in [1.807, 2.05) is 0 Å². The van der Waals surface area contributed by atoms with E-state index in [9.17, 15) is 19.1 Å². The second-order valence-electron chi connectivity index (χ2n) is 7.85. The zero-order valence-corrected chi connectivity index (χ0v) is 16.6. The highest BCUT2D eigenvalue weighted by molar-refractivity contribution is 6.04. The Hall–Kier alpha value is -3.26. The highest BCUT2D eigenvalue weighted by atomic mass is 19.1. The van der Waals surface area contributed by atoms with Crippen molar-refractivity contribution in [3.05, 3.63) is 65.9 Å². The number of nitrogens with one attached hydrogen (secondary N) is 2. The van der Waals surface area contributed by atoms with Gasteiger partial charge in [-0.2, -0.15) is 0 Å². The molecule has 30 heavy (non-hydrogen) atoms. The summed E-state index contributed by atoms with van der Waals surface area (Å²) < 4.78 is 15.9. The minimum atomic E-state index is -0.978. The minimum absolute atomic E-state index is 0.103. The molecule has 156 valence electrons. The third kappa shape index (κ3) is 3.91. The van der Waals surface area contributed by atoms with Gasteiger partial charge in [0.05, 0.1) is 23.5 Å². The summed E-state index contributed by atoms with van der Waals surface area (Å²) >= 11 is 0. The number of nitrogens with zero attached hydrogens (tertiary/aromatic N) is 2. The van der Waals surface area contributed by atoms with Crippen LogP contribution in [0, 0.1) is 5.82 Å². The number of aromatic nitrogens is 2. The van der Waals surface area contributed by atoms with Gasteiger partial charge in [0.1, 0.15) is 17.2 Å². The van der Waals surface area contributed by atoms with Crippen LogP contribution in [0.1, 0.15) is 53.5 Å². The van der Waals surface area contributed by atoms with Crippen LogP contribution in [0.5, 0.6) is 0 Å². The van der Waals surface area contributed by atoms with E-state index in [1.165, 1.54) is 18.3 Å². The number of hydrogen-bond donors (Lipinski definition) is 3. The Labute approximate surface area is 172 Å². The SMILES string of the molecule is C[C@@]1(O)CCCC[C@H]1NC(=O)c1ccc(F)c(NC(=O)c2cnc3ccccn23)c1. The first-order valence-electron chi connectivity index (χ1n) is 9.91. The first-order chi connectivity index (χ1) is 14.3. The fourth-order valence-electron chi connectivity index (χ4n) is 3.83. The molecule has 0 aliphatic heterocycles. The predicted octanol–water partition coefficient (Wildman–Crippen LogP) is 3.15. The van der Waals surface area contributed by atoms with E-state index in [0.29, 0.717) is 18.5 Å². The van der Waals surface area contributed by atoms with E-state index in [4.69, 9.17) is 0 Å². The molecule has 1 saturated carbocycles. The molecular weight excluding hydrogens is 387 g/mol. The largest absolute Gasteiger partial charge is 0.388 e. The molecule has 1 aliphatic rings. The van der Waals surface area contributed by atoms with Crippen LogP contribution in [0.2, 0.25) is 0 Å². The summed E-state index contributed by atoms with van der Waals surface area (Å²) in [5.41, 5.74) is -0.0392. The van der Waals surface area contributed by atoms with Gasteiger partial charge in [0, 0.05) is 11.8 Å². The average Bonchev–Trinajstić information content (AvgIpc) is 3.15. The summed E-state index contributed by atoms with van der Waals surface area (Å²) in [6.45, 7) is 1.71. The van der Waals surface area contributed by atoms with Crippen molar-refractivity contribution in [2.75, 3.05) is 5.32 Å². The van der Waals surface area contributed by atoms with Gasteiger partial charge < -0.3 is 15.7 Å². The smallest absolute Gasteiger partial charge is 0.274 e. The van der Waals surface area contributed by atoms with Crippen LogP contribution in [0.15, 0.2) is 48.8 Å². The monoisotopic (exact) mass is 410 g/mol. The lowest BCUT2D eigenvalue weighted by molar-refractivity contribution is -0.00861. The van der Waals surface area contributed by atoms with E-state index in [1.54, 1.807) is 35.7 Å². The third-order valence-corrected chi connectivity index (χ3v) is 5.61. The van der Waals surface area contributed by atoms with E-state index < -0.39 is 23.2 Å². The van der Waals surface area contributed by atoms with Crippen molar-refractivity contribution >= 4 is 23.1 Å². The summed E-state index contributed by atoms with van der Waals surface area (Å²) in [4.78, 5) is 29.5. The van der Waals surface area contributed by atoms with Crippen LogP contribution < -0.4 is 10.6 Å². The second kappa shape index (κ2) is 7.87. The number of aliphatic hydroxyl groups is 1. The molecule has 3 N–H and O–H groups in total. The summed E-state index contributed by atoms with van der Waals surface area (Å²) in [5, 5.41) is 15.9. The highest BCUT2D eigenvalue weighted by Crippen LogP contribution is 2.28. The van der Waals surface area contributed by atoms with Crippen molar-refractivity contribution < 1.29 is 19.1 Å². The van der Waals surface area contributed by atoms with Gasteiger partial charge in [0.25, 0.3) is 11.8 Å². The van der Waals surface area contributed by atoms with E-state index in [2.05, 4.69) is 15.6 Å². The fraction of sp³-hybridized carbons (Fsp3) is 0.318. The molecule has 2 heterocycles. The van der Waals surface area contributed by atoms with Crippen LogP contribution in [-0.4, -0.2) is 37.9 Å². The lowest BCUT2D eigenvalue weighted by atomic mass is 9.81. The Kier molecular flexibility index (Phi) is 5.26. The third-order valence-electron chi connectivity index (χ3n) is 5.61. The molecule has 1 fully saturated rings. The molecule has 0 saturated heterocycles. The summed E-state index contributed by atoms with van der Waals surface area (Å²) in [6.07, 6.45) is 6.22. The molecule has 4 rings (SSSR count). The van der Waals surface area contributed by atoms with Gasteiger partial charge in [-0.05, 0) is 50.1 Å². The first kappa shape index (κ1) is 20.0. The molecule has 7 nitrogen and oxygen atoms in total. The molecule has 0 radical (unpaired) electrons. The molecule has 2 aromatic heterocycles. The van der Waals surface area contributed by atoms with Gasteiger partial charge in [-0.15, -0.1) is 0 Å². The number of hydrogen-bond acceptors (Lipinski definition) is 4. The number of pyridine rings is 1.